The van der Waals surface area contributed by atoms with Gasteiger partial charge in [0.05, 0.1) is 0 Å². The van der Waals surface area contributed by atoms with Gasteiger partial charge in [-0.2, -0.15) is 13.1 Å². The topological polar surface area (TPSA) is 70.2 Å². The Morgan fingerprint density at radius 1 is 1.31 bits per heavy atom. The first-order valence-corrected chi connectivity index (χ1v) is 7.29. The van der Waals surface area contributed by atoms with Gasteiger partial charge < -0.3 is 5.32 Å². The summed E-state index contributed by atoms with van der Waals surface area (Å²) in [5.74, 6) is 0. The zero-order valence-corrected chi connectivity index (χ0v) is 11.2. The summed E-state index contributed by atoms with van der Waals surface area (Å²) in [4.78, 5) is 0. The molecule has 0 saturated carbocycles. The van der Waals surface area contributed by atoms with E-state index in [1.54, 1.807) is 0 Å². The molecule has 16 heavy (non-hydrogen) atoms. The lowest BCUT2D eigenvalue weighted by atomic mass is 10.1. The van der Waals surface area contributed by atoms with Crippen molar-refractivity contribution in [3.8, 4) is 0 Å². The lowest BCUT2D eigenvalue weighted by Gasteiger charge is -2.25. The lowest BCUT2D eigenvalue weighted by molar-refractivity contribution is 0.395. The fourth-order valence-corrected chi connectivity index (χ4v) is 3.05. The van der Waals surface area contributed by atoms with Crippen molar-refractivity contribution in [1.29, 1.82) is 0 Å². The molecule has 1 fully saturated rings. The quantitative estimate of drug-likeness (QED) is 0.673. The number of nitrogens with one attached hydrogen (secondary N) is 3. The van der Waals surface area contributed by atoms with E-state index in [0.717, 1.165) is 13.0 Å². The second kappa shape index (κ2) is 5.44. The molecule has 0 aliphatic carbocycles. The minimum absolute atomic E-state index is 0.269. The molecule has 3 N–H and O–H groups in total. The standard InChI is InChI=1S/C10H23N3O2S/c1-10(2,3)13-16(14,15)12-8-9-6-4-5-7-11-9/h9,11-13H,4-8H2,1-3H3. The van der Waals surface area contributed by atoms with Gasteiger partial charge >= 0.3 is 0 Å². The van der Waals surface area contributed by atoms with Gasteiger partial charge in [-0.3, -0.25) is 0 Å². The average molecular weight is 249 g/mol. The largest absolute Gasteiger partial charge is 0.313 e. The van der Waals surface area contributed by atoms with Gasteiger partial charge in [-0.1, -0.05) is 6.42 Å². The van der Waals surface area contributed by atoms with Crippen molar-refractivity contribution < 1.29 is 8.42 Å². The molecule has 0 bridgehead atoms. The lowest BCUT2D eigenvalue weighted by Crippen LogP contribution is -2.50. The maximum Gasteiger partial charge on any atom is 0.277 e. The maximum atomic E-state index is 11.6. The monoisotopic (exact) mass is 249 g/mol. The van der Waals surface area contributed by atoms with E-state index >= 15 is 0 Å². The summed E-state index contributed by atoms with van der Waals surface area (Å²) in [6.07, 6.45) is 3.40. The Kier molecular flexibility index (Phi) is 4.73. The van der Waals surface area contributed by atoms with Crippen molar-refractivity contribution >= 4 is 10.2 Å². The van der Waals surface area contributed by atoms with Gasteiger partial charge in [0.2, 0.25) is 0 Å². The maximum absolute atomic E-state index is 11.6. The summed E-state index contributed by atoms with van der Waals surface area (Å²) in [7, 11) is -3.38. The van der Waals surface area contributed by atoms with Crippen LogP contribution in [0.3, 0.4) is 0 Å². The van der Waals surface area contributed by atoms with Crippen molar-refractivity contribution in [2.45, 2.75) is 51.6 Å². The highest BCUT2D eigenvalue weighted by atomic mass is 32.2. The van der Waals surface area contributed by atoms with Crippen LogP contribution in [-0.2, 0) is 10.2 Å². The van der Waals surface area contributed by atoms with Crippen LogP contribution in [0.2, 0.25) is 0 Å². The van der Waals surface area contributed by atoms with Gasteiger partial charge in [-0.05, 0) is 40.2 Å². The van der Waals surface area contributed by atoms with E-state index < -0.39 is 15.7 Å². The molecule has 1 rings (SSSR count). The summed E-state index contributed by atoms with van der Waals surface area (Å²) in [6, 6.07) is 0.269. The zero-order chi connectivity index (χ0) is 12.2. The molecule has 1 unspecified atom stereocenters. The van der Waals surface area contributed by atoms with E-state index in [1.165, 1.54) is 12.8 Å². The van der Waals surface area contributed by atoms with Crippen LogP contribution < -0.4 is 14.8 Å². The molecular weight excluding hydrogens is 226 g/mol. The summed E-state index contributed by atoms with van der Waals surface area (Å²) < 4.78 is 28.4. The first-order chi connectivity index (χ1) is 7.29. The Bertz CT molecular complexity index is 303. The van der Waals surface area contributed by atoms with Crippen molar-refractivity contribution in [1.82, 2.24) is 14.8 Å². The van der Waals surface area contributed by atoms with Gasteiger partial charge in [0.25, 0.3) is 10.2 Å². The van der Waals surface area contributed by atoms with Gasteiger partial charge in [0.15, 0.2) is 0 Å². The van der Waals surface area contributed by atoms with E-state index in [9.17, 15) is 8.42 Å². The highest BCUT2D eigenvalue weighted by Crippen LogP contribution is 2.06. The molecule has 0 aromatic carbocycles. The van der Waals surface area contributed by atoms with Gasteiger partial charge in [0, 0.05) is 18.1 Å². The summed E-state index contributed by atoms with van der Waals surface area (Å²) in [6.45, 7) is 6.92. The Balaban J connectivity index is 2.35. The SMILES string of the molecule is CC(C)(C)NS(=O)(=O)NCC1CCCCN1. The molecule has 5 nitrogen and oxygen atoms in total. The Morgan fingerprint density at radius 3 is 2.50 bits per heavy atom. The molecule has 1 aliphatic rings. The number of piperidine rings is 1. The van der Waals surface area contributed by atoms with Crippen LogP contribution in [0.1, 0.15) is 40.0 Å². The smallest absolute Gasteiger partial charge is 0.277 e. The van der Waals surface area contributed by atoms with Crippen molar-refractivity contribution in [2.24, 2.45) is 0 Å². The molecule has 0 spiro atoms. The van der Waals surface area contributed by atoms with Crippen LogP contribution in [-0.4, -0.2) is 33.1 Å². The summed E-state index contributed by atoms with van der Waals surface area (Å²) in [5.41, 5.74) is -0.439. The molecule has 0 radical (unpaired) electrons. The molecule has 96 valence electrons. The van der Waals surface area contributed by atoms with Crippen molar-refractivity contribution in [2.75, 3.05) is 13.1 Å². The molecular formula is C10H23N3O2S. The minimum Gasteiger partial charge on any atom is -0.313 e. The van der Waals surface area contributed by atoms with Crippen LogP contribution in [0.4, 0.5) is 0 Å². The van der Waals surface area contributed by atoms with Crippen LogP contribution in [0.5, 0.6) is 0 Å². The van der Waals surface area contributed by atoms with Crippen molar-refractivity contribution in [3.63, 3.8) is 0 Å². The van der Waals surface area contributed by atoms with Gasteiger partial charge in [-0.15, -0.1) is 0 Å². The zero-order valence-electron chi connectivity index (χ0n) is 10.3. The number of rotatable bonds is 4. The number of hydrogen-bond donors (Lipinski definition) is 3. The molecule has 0 aromatic heterocycles. The number of hydrogen-bond acceptors (Lipinski definition) is 3. The molecule has 1 saturated heterocycles. The fourth-order valence-electron chi connectivity index (χ4n) is 1.75. The molecule has 0 amide bonds. The Morgan fingerprint density at radius 2 is 2.00 bits per heavy atom. The Hall–Kier alpha value is -0.170. The first-order valence-electron chi connectivity index (χ1n) is 5.80. The summed E-state index contributed by atoms with van der Waals surface area (Å²) in [5, 5.41) is 3.30. The van der Waals surface area contributed by atoms with Gasteiger partial charge in [0.1, 0.15) is 0 Å². The van der Waals surface area contributed by atoms with Crippen LogP contribution in [0.15, 0.2) is 0 Å². The third kappa shape index (κ3) is 5.79. The third-order valence-electron chi connectivity index (χ3n) is 2.37. The first kappa shape index (κ1) is 13.9. The van der Waals surface area contributed by atoms with E-state index in [4.69, 9.17) is 0 Å². The predicted molar refractivity (Wildman–Crippen MR) is 65.5 cm³/mol. The predicted octanol–water partition coefficient (Wildman–Crippen LogP) is 0.351. The van der Waals surface area contributed by atoms with E-state index in [-0.39, 0.29) is 6.04 Å². The highest BCUT2D eigenvalue weighted by molar-refractivity contribution is 7.87. The van der Waals surface area contributed by atoms with Crippen LogP contribution >= 0.6 is 0 Å². The van der Waals surface area contributed by atoms with E-state index in [2.05, 4.69) is 14.8 Å². The van der Waals surface area contributed by atoms with Crippen molar-refractivity contribution in [3.05, 3.63) is 0 Å². The minimum atomic E-state index is -3.38. The fraction of sp³-hybridized carbons (Fsp3) is 1.00. The van der Waals surface area contributed by atoms with Crippen LogP contribution in [0, 0.1) is 0 Å². The van der Waals surface area contributed by atoms with Crippen LogP contribution in [0.25, 0.3) is 0 Å². The van der Waals surface area contributed by atoms with Gasteiger partial charge in [-0.25, -0.2) is 4.72 Å². The molecule has 0 aromatic rings. The van der Waals surface area contributed by atoms with E-state index in [0.29, 0.717) is 6.54 Å². The molecule has 1 aliphatic heterocycles. The highest BCUT2D eigenvalue weighted by Gasteiger charge is 2.21. The molecule has 1 heterocycles. The second-order valence-electron chi connectivity index (χ2n) is 5.35. The second-order valence-corrected chi connectivity index (χ2v) is 6.85. The summed E-state index contributed by atoms with van der Waals surface area (Å²) >= 11 is 0. The molecule has 6 heteroatoms. The third-order valence-corrected chi connectivity index (χ3v) is 3.80. The average Bonchev–Trinajstić information content (AvgIpc) is 2.13. The Labute approximate surface area is 98.6 Å². The normalized spacial score (nSPS) is 23.3. The molecule has 1 atom stereocenters. The van der Waals surface area contributed by atoms with E-state index in [1.807, 2.05) is 20.8 Å².